The standard InChI is InChI=1S/C31H42N4O5/c1-8-10-17-35(29(38)24(19-25(32)36)33-30(39)40-31(5,6)7)27(23-16-12-15-22(9-2)18-23)28(37)34-26-20(3)13-11-14-21(26)4/h9,11-16,18,24,27H,2,8,10,17,19H2,1,3-7H3,(H2,32,36)(H,33,39)(H,34,37). The maximum atomic E-state index is 14.1. The van der Waals surface area contributed by atoms with Gasteiger partial charge in [0.05, 0.1) is 6.42 Å². The number of ether oxygens (including phenoxy) is 1. The summed E-state index contributed by atoms with van der Waals surface area (Å²) in [6.45, 7) is 14.8. The molecule has 0 aliphatic heterocycles. The number of primary amides is 1. The van der Waals surface area contributed by atoms with Crippen molar-refractivity contribution in [3.63, 3.8) is 0 Å². The van der Waals surface area contributed by atoms with Gasteiger partial charge in [-0.05, 0) is 69.4 Å². The minimum absolute atomic E-state index is 0.198. The Morgan fingerprint density at radius 1 is 1.07 bits per heavy atom. The van der Waals surface area contributed by atoms with Gasteiger partial charge in [-0.25, -0.2) is 4.79 Å². The summed E-state index contributed by atoms with van der Waals surface area (Å²) < 4.78 is 5.33. The van der Waals surface area contributed by atoms with E-state index in [1.54, 1.807) is 45.0 Å². The number of nitrogens with two attached hydrogens (primary N) is 1. The van der Waals surface area contributed by atoms with Gasteiger partial charge in [0.1, 0.15) is 17.7 Å². The highest BCUT2D eigenvalue weighted by atomic mass is 16.6. The van der Waals surface area contributed by atoms with E-state index < -0.39 is 47.9 Å². The van der Waals surface area contributed by atoms with E-state index in [1.165, 1.54) is 4.90 Å². The highest BCUT2D eigenvalue weighted by molar-refractivity contribution is 6.00. The number of carbonyl (C=O) groups is 4. The Bertz CT molecular complexity index is 1210. The van der Waals surface area contributed by atoms with Crippen molar-refractivity contribution in [3.8, 4) is 0 Å². The predicted molar refractivity (Wildman–Crippen MR) is 157 cm³/mol. The van der Waals surface area contributed by atoms with Crippen LogP contribution in [-0.2, 0) is 19.1 Å². The fraction of sp³-hybridized carbons (Fsp3) is 0.419. The van der Waals surface area contributed by atoms with Crippen LogP contribution in [0.4, 0.5) is 10.5 Å². The van der Waals surface area contributed by atoms with Gasteiger partial charge in [-0.3, -0.25) is 14.4 Å². The van der Waals surface area contributed by atoms with Crippen LogP contribution in [0.2, 0.25) is 0 Å². The second-order valence-corrected chi connectivity index (χ2v) is 10.8. The van der Waals surface area contributed by atoms with Gasteiger partial charge in [0.25, 0.3) is 5.91 Å². The largest absolute Gasteiger partial charge is 0.444 e. The number of rotatable bonds is 12. The van der Waals surface area contributed by atoms with E-state index in [9.17, 15) is 19.2 Å². The molecule has 4 N–H and O–H groups in total. The first-order chi connectivity index (χ1) is 18.8. The number of alkyl carbamates (subject to hydrolysis) is 1. The summed E-state index contributed by atoms with van der Waals surface area (Å²) in [4.78, 5) is 54.1. The molecule has 2 aromatic rings. The molecule has 0 spiro atoms. The molecule has 9 heteroatoms. The lowest BCUT2D eigenvalue weighted by Gasteiger charge is -2.34. The zero-order valence-corrected chi connectivity index (χ0v) is 24.4. The minimum Gasteiger partial charge on any atom is -0.444 e. The van der Waals surface area contributed by atoms with Crippen molar-refractivity contribution in [2.24, 2.45) is 5.73 Å². The number of para-hydroxylation sites is 1. The number of hydrogen-bond donors (Lipinski definition) is 3. The third-order valence-corrected chi connectivity index (χ3v) is 6.18. The summed E-state index contributed by atoms with van der Waals surface area (Å²) in [6.07, 6.45) is 1.64. The maximum absolute atomic E-state index is 14.1. The van der Waals surface area contributed by atoms with Gasteiger partial charge in [0.2, 0.25) is 11.8 Å². The Hall–Kier alpha value is -4.14. The van der Waals surface area contributed by atoms with Gasteiger partial charge in [0, 0.05) is 12.2 Å². The third kappa shape index (κ3) is 9.25. The average Bonchev–Trinajstić information content (AvgIpc) is 2.86. The first kappa shape index (κ1) is 32.1. The molecule has 0 fully saturated rings. The Kier molecular flexibility index (Phi) is 11.5. The van der Waals surface area contributed by atoms with Crippen molar-refractivity contribution in [3.05, 3.63) is 71.3 Å². The molecule has 2 rings (SSSR count). The number of carbonyl (C=O) groups excluding carboxylic acids is 4. The molecule has 40 heavy (non-hydrogen) atoms. The Morgan fingerprint density at radius 3 is 2.25 bits per heavy atom. The van der Waals surface area contributed by atoms with Crippen LogP contribution in [0.15, 0.2) is 49.0 Å². The monoisotopic (exact) mass is 550 g/mol. The SMILES string of the molecule is C=Cc1cccc(C(C(=O)Nc2c(C)cccc2C)N(CCCC)C(=O)C(CC(N)=O)NC(=O)OC(C)(C)C)c1. The topological polar surface area (TPSA) is 131 Å². The van der Waals surface area contributed by atoms with E-state index in [0.29, 0.717) is 17.7 Å². The van der Waals surface area contributed by atoms with E-state index in [4.69, 9.17) is 10.5 Å². The second kappa shape index (κ2) is 14.3. The second-order valence-electron chi connectivity index (χ2n) is 10.8. The number of nitrogens with zero attached hydrogens (tertiary/aromatic N) is 1. The van der Waals surface area contributed by atoms with Crippen molar-refractivity contribution in [2.45, 2.75) is 78.5 Å². The Balaban J connectivity index is 2.61. The van der Waals surface area contributed by atoms with Gasteiger partial charge in [0.15, 0.2) is 0 Å². The van der Waals surface area contributed by atoms with Crippen LogP contribution >= 0.6 is 0 Å². The molecule has 0 aromatic heterocycles. The Labute approximate surface area is 237 Å². The lowest BCUT2D eigenvalue weighted by molar-refractivity contribution is -0.142. The normalized spacial score (nSPS) is 12.6. The smallest absolute Gasteiger partial charge is 0.408 e. The molecular formula is C31H42N4O5. The average molecular weight is 551 g/mol. The molecule has 216 valence electrons. The first-order valence-corrected chi connectivity index (χ1v) is 13.4. The molecule has 0 saturated heterocycles. The van der Waals surface area contributed by atoms with Crippen molar-refractivity contribution in [1.82, 2.24) is 10.2 Å². The number of hydrogen-bond acceptors (Lipinski definition) is 5. The quantitative estimate of drug-likeness (QED) is 0.341. The first-order valence-electron chi connectivity index (χ1n) is 13.4. The van der Waals surface area contributed by atoms with E-state index in [0.717, 1.165) is 23.1 Å². The number of amides is 4. The molecule has 2 aromatic carbocycles. The molecule has 0 aliphatic rings. The number of unbranched alkanes of at least 4 members (excludes halogenated alkanes) is 1. The lowest BCUT2D eigenvalue weighted by Crippen LogP contribution is -2.53. The highest BCUT2D eigenvalue weighted by Crippen LogP contribution is 2.28. The van der Waals surface area contributed by atoms with Gasteiger partial charge >= 0.3 is 6.09 Å². The van der Waals surface area contributed by atoms with Crippen LogP contribution in [0.5, 0.6) is 0 Å². The lowest BCUT2D eigenvalue weighted by atomic mass is 9.99. The number of benzene rings is 2. The van der Waals surface area contributed by atoms with Crippen molar-refractivity contribution >= 4 is 35.6 Å². The number of anilines is 1. The summed E-state index contributed by atoms with van der Waals surface area (Å²) in [7, 11) is 0. The van der Waals surface area contributed by atoms with Crippen LogP contribution in [0.1, 0.15) is 75.3 Å². The van der Waals surface area contributed by atoms with Crippen molar-refractivity contribution in [1.29, 1.82) is 0 Å². The van der Waals surface area contributed by atoms with Gasteiger partial charge < -0.3 is 26.0 Å². The number of nitrogens with one attached hydrogen (secondary N) is 2. The fourth-order valence-electron chi connectivity index (χ4n) is 4.28. The Morgan fingerprint density at radius 2 is 1.70 bits per heavy atom. The van der Waals surface area contributed by atoms with Gasteiger partial charge in [-0.2, -0.15) is 0 Å². The molecule has 0 bridgehead atoms. The summed E-state index contributed by atoms with van der Waals surface area (Å²) >= 11 is 0. The summed E-state index contributed by atoms with van der Waals surface area (Å²) in [5, 5.41) is 5.51. The van der Waals surface area contributed by atoms with E-state index >= 15 is 0 Å². The van der Waals surface area contributed by atoms with Crippen molar-refractivity contribution in [2.75, 3.05) is 11.9 Å². The molecule has 2 atom stereocenters. The van der Waals surface area contributed by atoms with Crippen LogP contribution < -0.4 is 16.4 Å². The molecular weight excluding hydrogens is 508 g/mol. The van der Waals surface area contributed by atoms with E-state index in [-0.39, 0.29) is 6.54 Å². The minimum atomic E-state index is -1.33. The zero-order valence-electron chi connectivity index (χ0n) is 24.4. The van der Waals surface area contributed by atoms with Crippen LogP contribution in [0, 0.1) is 13.8 Å². The molecule has 0 radical (unpaired) electrons. The van der Waals surface area contributed by atoms with Crippen LogP contribution in [0.3, 0.4) is 0 Å². The fourth-order valence-corrected chi connectivity index (χ4v) is 4.28. The predicted octanol–water partition coefficient (Wildman–Crippen LogP) is 5.02. The van der Waals surface area contributed by atoms with Crippen LogP contribution in [0.25, 0.3) is 6.08 Å². The molecule has 0 saturated carbocycles. The molecule has 4 amide bonds. The number of aryl methyl sites for hydroxylation is 2. The molecule has 0 heterocycles. The third-order valence-electron chi connectivity index (χ3n) is 6.18. The zero-order chi connectivity index (χ0) is 30.0. The van der Waals surface area contributed by atoms with Gasteiger partial charge in [-0.1, -0.05) is 62.4 Å². The summed E-state index contributed by atoms with van der Waals surface area (Å²) in [5.74, 6) is -1.84. The summed E-state index contributed by atoms with van der Waals surface area (Å²) in [5.41, 5.74) is 8.36. The van der Waals surface area contributed by atoms with E-state index in [1.807, 2.05) is 45.0 Å². The van der Waals surface area contributed by atoms with Crippen LogP contribution in [-0.4, -0.2) is 46.9 Å². The molecule has 2 unspecified atom stereocenters. The maximum Gasteiger partial charge on any atom is 0.408 e. The van der Waals surface area contributed by atoms with Crippen molar-refractivity contribution < 1.29 is 23.9 Å². The summed E-state index contributed by atoms with van der Waals surface area (Å²) in [6, 6.07) is 10.5. The highest BCUT2D eigenvalue weighted by Gasteiger charge is 2.37. The van der Waals surface area contributed by atoms with Gasteiger partial charge in [-0.15, -0.1) is 0 Å². The molecule has 9 nitrogen and oxygen atoms in total. The molecule has 0 aliphatic carbocycles. The van der Waals surface area contributed by atoms with E-state index in [2.05, 4.69) is 17.2 Å².